The third-order valence-electron chi connectivity index (χ3n) is 1.77. The first-order chi connectivity index (χ1) is 5.61. The lowest BCUT2D eigenvalue weighted by molar-refractivity contribution is 0.510. The quantitative estimate of drug-likeness (QED) is 0.869. The summed E-state index contributed by atoms with van der Waals surface area (Å²) < 4.78 is 1.15. The fourth-order valence-corrected chi connectivity index (χ4v) is 2.85. The van der Waals surface area contributed by atoms with E-state index in [-0.39, 0.29) is 6.04 Å². The first-order valence-electron chi connectivity index (χ1n) is 4.08. The fraction of sp³-hybridized carbons (Fsp3) is 0.556. The van der Waals surface area contributed by atoms with Crippen molar-refractivity contribution in [1.82, 2.24) is 0 Å². The van der Waals surface area contributed by atoms with E-state index in [1.165, 1.54) is 5.56 Å². The van der Waals surface area contributed by atoms with Crippen LogP contribution in [-0.4, -0.2) is 0 Å². The van der Waals surface area contributed by atoms with E-state index in [2.05, 4.69) is 40.5 Å². The van der Waals surface area contributed by atoms with Crippen LogP contribution in [0.2, 0.25) is 0 Å². The maximum absolute atomic E-state index is 6.02. The van der Waals surface area contributed by atoms with Crippen LogP contribution in [0.15, 0.2) is 15.2 Å². The van der Waals surface area contributed by atoms with Crippen LogP contribution in [0.25, 0.3) is 0 Å². The molecule has 2 N–H and O–H groups in total. The number of halogens is 1. The highest BCUT2D eigenvalue weighted by molar-refractivity contribution is 9.10. The molecule has 1 rings (SSSR count). The van der Waals surface area contributed by atoms with Crippen molar-refractivity contribution in [3.05, 3.63) is 20.8 Å². The molecule has 1 heterocycles. The summed E-state index contributed by atoms with van der Waals surface area (Å²) >= 11 is 5.18. The largest absolute Gasteiger partial charge is 0.324 e. The van der Waals surface area contributed by atoms with E-state index < -0.39 is 0 Å². The highest BCUT2D eigenvalue weighted by atomic mass is 79.9. The summed E-state index contributed by atoms with van der Waals surface area (Å²) in [5.74, 6) is 0.659. The van der Waals surface area contributed by atoms with Gasteiger partial charge < -0.3 is 5.73 Å². The van der Waals surface area contributed by atoms with Crippen LogP contribution in [0.1, 0.15) is 31.9 Å². The Morgan fingerprint density at radius 2 is 2.17 bits per heavy atom. The average molecular weight is 248 g/mol. The Hall–Kier alpha value is 0.140. The second-order valence-corrected chi connectivity index (χ2v) is 5.01. The van der Waals surface area contributed by atoms with E-state index >= 15 is 0 Å². The molecule has 1 unspecified atom stereocenters. The van der Waals surface area contributed by atoms with Gasteiger partial charge in [-0.2, -0.15) is 11.3 Å². The molecule has 0 bridgehead atoms. The number of rotatable bonds is 3. The lowest BCUT2D eigenvalue weighted by Gasteiger charge is -2.12. The summed E-state index contributed by atoms with van der Waals surface area (Å²) in [6.07, 6.45) is 1.05. The number of hydrogen-bond acceptors (Lipinski definition) is 2. The highest BCUT2D eigenvalue weighted by Crippen LogP contribution is 2.29. The molecule has 0 spiro atoms. The van der Waals surface area contributed by atoms with Crippen LogP contribution < -0.4 is 5.73 Å². The highest BCUT2D eigenvalue weighted by Gasteiger charge is 2.11. The molecule has 0 saturated heterocycles. The van der Waals surface area contributed by atoms with Crippen LogP contribution in [0, 0.1) is 5.92 Å². The summed E-state index contributed by atoms with van der Waals surface area (Å²) in [5, 5.41) is 4.20. The molecule has 1 nitrogen and oxygen atoms in total. The van der Waals surface area contributed by atoms with Gasteiger partial charge in [0, 0.05) is 15.9 Å². The molecule has 1 aromatic heterocycles. The Balaban J connectivity index is 2.65. The molecule has 0 aliphatic rings. The summed E-state index contributed by atoms with van der Waals surface area (Å²) in [4.78, 5) is 0. The maximum atomic E-state index is 6.02. The van der Waals surface area contributed by atoms with Crippen LogP contribution in [0.4, 0.5) is 0 Å². The van der Waals surface area contributed by atoms with E-state index in [0.29, 0.717) is 5.92 Å². The van der Waals surface area contributed by atoms with Gasteiger partial charge >= 0.3 is 0 Å². The summed E-state index contributed by atoms with van der Waals surface area (Å²) in [7, 11) is 0. The predicted octanol–water partition coefficient (Wildman–Crippen LogP) is 3.56. The van der Waals surface area contributed by atoms with Crippen molar-refractivity contribution in [3.8, 4) is 0 Å². The molecule has 0 aliphatic carbocycles. The molecular weight excluding hydrogens is 234 g/mol. The number of hydrogen-bond donors (Lipinski definition) is 1. The fourth-order valence-electron chi connectivity index (χ4n) is 1.19. The van der Waals surface area contributed by atoms with Gasteiger partial charge in [-0.05, 0) is 39.2 Å². The monoisotopic (exact) mass is 247 g/mol. The lowest BCUT2D eigenvalue weighted by Crippen LogP contribution is -2.12. The van der Waals surface area contributed by atoms with Gasteiger partial charge in [-0.15, -0.1) is 0 Å². The Bertz CT molecular complexity index is 244. The molecule has 0 saturated carbocycles. The van der Waals surface area contributed by atoms with Crippen LogP contribution in [0.3, 0.4) is 0 Å². The summed E-state index contributed by atoms with van der Waals surface area (Å²) in [5.41, 5.74) is 7.26. The summed E-state index contributed by atoms with van der Waals surface area (Å²) in [6.45, 7) is 4.39. The molecule has 0 aliphatic heterocycles. The molecule has 3 heteroatoms. The third-order valence-corrected chi connectivity index (χ3v) is 3.52. The Labute approximate surface area is 86.1 Å². The minimum absolute atomic E-state index is 0.186. The van der Waals surface area contributed by atoms with Crippen molar-refractivity contribution < 1.29 is 0 Å². The van der Waals surface area contributed by atoms with Crippen LogP contribution in [0.5, 0.6) is 0 Å². The summed E-state index contributed by atoms with van der Waals surface area (Å²) in [6, 6.07) is 0.186. The Kier molecular flexibility index (Phi) is 3.75. The minimum atomic E-state index is 0.186. The minimum Gasteiger partial charge on any atom is -0.324 e. The van der Waals surface area contributed by atoms with Gasteiger partial charge in [-0.1, -0.05) is 13.8 Å². The molecule has 68 valence electrons. The topological polar surface area (TPSA) is 26.0 Å². The molecule has 0 radical (unpaired) electrons. The number of nitrogens with two attached hydrogens (primary N) is 1. The van der Waals surface area contributed by atoms with Gasteiger partial charge in [0.1, 0.15) is 0 Å². The normalized spacial score (nSPS) is 13.8. The second-order valence-electron chi connectivity index (χ2n) is 3.41. The van der Waals surface area contributed by atoms with Crippen molar-refractivity contribution >= 4 is 27.3 Å². The van der Waals surface area contributed by atoms with E-state index in [0.717, 1.165) is 10.9 Å². The zero-order valence-corrected chi connectivity index (χ0v) is 9.78. The van der Waals surface area contributed by atoms with Crippen molar-refractivity contribution in [2.24, 2.45) is 11.7 Å². The van der Waals surface area contributed by atoms with Gasteiger partial charge in [0.25, 0.3) is 0 Å². The molecule has 0 fully saturated rings. The Morgan fingerprint density at radius 1 is 1.50 bits per heavy atom. The van der Waals surface area contributed by atoms with E-state index in [9.17, 15) is 0 Å². The van der Waals surface area contributed by atoms with E-state index in [4.69, 9.17) is 5.73 Å². The van der Waals surface area contributed by atoms with Crippen molar-refractivity contribution in [3.63, 3.8) is 0 Å². The van der Waals surface area contributed by atoms with Crippen molar-refractivity contribution in [1.29, 1.82) is 0 Å². The molecule has 0 amide bonds. The predicted molar refractivity (Wildman–Crippen MR) is 58.4 cm³/mol. The molecule has 0 aromatic carbocycles. The van der Waals surface area contributed by atoms with E-state index in [1.807, 2.05) is 0 Å². The smallest absolute Gasteiger partial charge is 0.0330 e. The van der Waals surface area contributed by atoms with Gasteiger partial charge in [0.05, 0.1) is 0 Å². The molecule has 1 aromatic rings. The molecular formula is C9H14BrNS. The molecule has 12 heavy (non-hydrogen) atoms. The number of thiophene rings is 1. The Morgan fingerprint density at radius 3 is 2.58 bits per heavy atom. The van der Waals surface area contributed by atoms with Gasteiger partial charge in [-0.25, -0.2) is 0 Å². The van der Waals surface area contributed by atoms with Gasteiger partial charge in [-0.3, -0.25) is 0 Å². The second kappa shape index (κ2) is 4.40. The average Bonchev–Trinajstić information content (AvgIpc) is 2.33. The third kappa shape index (κ3) is 2.57. The van der Waals surface area contributed by atoms with Gasteiger partial charge in [0.2, 0.25) is 0 Å². The standard InChI is InChI=1S/C9H14BrNS/c1-6(2)3-9(11)7-4-12-5-8(7)10/h4-6,9H,3,11H2,1-2H3. The van der Waals surface area contributed by atoms with Crippen LogP contribution in [-0.2, 0) is 0 Å². The SMILES string of the molecule is CC(C)CC(N)c1cscc1Br. The first kappa shape index (κ1) is 10.2. The lowest BCUT2D eigenvalue weighted by atomic mass is 10.0. The maximum Gasteiger partial charge on any atom is 0.0330 e. The van der Waals surface area contributed by atoms with Gasteiger partial charge in [0.15, 0.2) is 0 Å². The van der Waals surface area contributed by atoms with Crippen LogP contribution >= 0.6 is 27.3 Å². The van der Waals surface area contributed by atoms with Crippen molar-refractivity contribution in [2.45, 2.75) is 26.3 Å². The van der Waals surface area contributed by atoms with E-state index in [1.54, 1.807) is 11.3 Å². The zero-order chi connectivity index (χ0) is 9.14. The van der Waals surface area contributed by atoms with Crippen molar-refractivity contribution in [2.75, 3.05) is 0 Å². The zero-order valence-electron chi connectivity index (χ0n) is 7.38. The molecule has 1 atom stereocenters. The first-order valence-corrected chi connectivity index (χ1v) is 5.82.